The van der Waals surface area contributed by atoms with E-state index in [1.165, 1.54) is 4.90 Å². The summed E-state index contributed by atoms with van der Waals surface area (Å²) >= 11 is 0. The number of carbonyl (C=O) groups is 2. The van der Waals surface area contributed by atoms with Crippen molar-refractivity contribution in [3.8, 4) is 0 Å². The molecule has 0 aromatic carbocycles. The Morgan fingerprint density at radius 2 is 2.00 bits per heavy atom. The molecule has 1 amide bonds. The van der Waals surface area contributed by atoms with Crippen molar-refractivity contribution in [2.75, 3.05) is 20.2 Å². The Morgan fingerprint density at radius 1 is 1.39 bits per heavy atom. The third kappa shape index (κ3) is 8.06. The molecule has 0 spiro atoms. The Kier molecular flexibility index (Phi) is 7.59. The maximum absolute atomic E-state index is 11.7. The smallest absolute Gasteiger partial charge is 0.410 e. The van der Waals surface area contributed by atoms with Crippen molar-refractivity contribution in [3.63, 3.8) is 0 Å². The molecule has 0 N–H and O–H groups in total. The number of hydrogen-bond donors (Lipinski definition) is 0. The molecule has 0 aromatic rings. The van der Waals surface area contributed by atoms with E-state index in [9.17, 15) is 9.59 Å². The standard InChI is InChI=1S/C13H25NO4/c1-6-11(17-10-9-15)7-8-14(5)12(16)18-13(2,3)4/h9,11H,6-8,10H2,1-5H3. The fourth-order valence-electron chi connectivity index (χ4n) is 1.35. The molecule has 0 aliphatic rings. The molecule has 0 aromatic heterocycles. The van der Waals surface area contributed by atoms with Gasteiger partial charge in [0.15, 0.2) is 0 Å². The van der Waals surface area contributed by atoms with Crippen LogP contribution in [0.4, 0.5) is 4.79 Å². The summed E-state index contributed by atoms with van der Waals surface area (Å²) in [5.41, 5.74) is -0.483. The van der Waals surface area contributed by atoms with Crippen LogP contribution in [0, 0.1) is 0 Å². The Labute approximate surface area is 109 Å². The van der Waals surface area contributed by atoms with Crippen LogP contribution in [-0.4, -0.2) is 49.2 Å². The van der Waals surface area contributed by atoms with Crippen LogP contribution in [0.25, 0.3) is 0 Å². The lowest BCUT2D eigenvalue weighted by Gasteiger charge is -2.25. The normalized spacial score (nSPS) is 12.9. The number of nitrogens with zero attached hydrogens (tertiary/aromatic N) is 1. The van der Waals surface area contributed by atoms with Gasteiger partial charge >= 0.3 is 6.09 Å². The molecule has 0 aliphatic carbocycles. The van der Waals surface area contributed by atoms with E-state index in [1.54, 1.807) is 7.05 Å². The van der Waals surface area contributed by atoms with Crippen molar-refractivity contribution in [3.05, 3.63) is 0 Å². The van der Waals surface area contributed by atoms with Crippen LogP contribution < -0.4 is 0 Å². The van der Waals surface area contributed by atoms with Crippen LogP contribution in [-0.2, 0) is 14.3 Å². The number of rotatable bonds is 7. The van der Waals surface area contributed by atoms with Gasteiger partial charge in [-0.3, -0.25) is 0 Å². The molecule has 5 heteroatoms. The van der Waals surface area contributed by atoms with Crippen molar-refractivity contribution in [1.29, 1.82) is 0 Å². The second kappa shape index (κ2) is 8.08. The molecular formula is C13H25NO4. The van der Waals surface area contributed by atoms with Gasteiger partial charge in [0.25, 0.3) is 0 Å². The Balaban J connectivity index is 4.03. The molecular weight excluding hydrogens is 234 g/mol. The van der Waals surface area contributed by atoms with E-state index in [-0.39, 0.29) is 18.8 Å². The fraction of sp³-hybridized carbons (Fsp3) is 0.846. The predicted molar refractivity (Wildman–Crippen MR) is 69.6 cm³/mol. The fourth-order valence-corrected chi connectivity index (χ4v) is 1.35. The lowest BCUT2D eigenvalue weighted by Crippen LogP contribution is -2.36. The van der Waals surface area contributed by atoms with Gasteiger partial charge in [0, 0.05) is 13.6 Å². The van der Waals surface area contributed by atoms with E-state index in [2.05, 4.69) is 0 Å². The summed E-state index contributed by atoms with van der Waals surface area (Å²) in [6.45, 7) is 8.15. The predicted octanol–water partition coefficient (Wildman–Crippen LogP) is 2.24. The maximum Gasteiger partial charge on any atom is 0.410 e. The van der Waals surface area contributed by atoms with Crippen molar-refractivity contribution in [1.82, 2.24) is 4.90 Å². The first-order valence-electron chi connectivity index (χ1n) is 6.29. The van der Waals surface area contributed by atoms with Gasteiger partial charge in [0.1, 0.15) is 18.5 Å². The highest BCUT2D eigenvalue weighted by Gasteiger charge is 2.20. The average molecular weight is 259 g/mol. The van der Waals surface area contributed by atoms with Gasteiger partial charge in [-0.1, -0.05) is 6.92 Å². The van der Waals surface area contributed by atoms with E-state index < -0.39 is 5.60 Å². The summed E-state index contributed by atoms with van der Waals surface area (Å²) in [6, 6.07) is 0. The summed E-state index contributed by atoms with van der Waals surface area (Å²) in [6.07, 6.45) is 1.91. The molecule has 0 saturated carbocycles. The number of carbonyl (C=O) groups excluding carboxylic acids is 2. The van der Waals surface area contributed by atoms with Crippen LogP contribution in [0.3, 0.4) is 0 Å². The second-order valence-corrected chi connectivity index (χ2v) is 5.22. The quantitative estimate of drug-likeness (QED) is 0.658. The lowest BCUT2D eigenvalue weighted by atomic mass is 10.2. The Bertz CT molecular complexity index is 260. The number of ether oxygens (including phenoxy) is 2. The summed E-state index contributed by atoms with van der Waals surface area (Å²) < 4.78 is 10.6. The minimum Gasteiger partial charge on any atom is -0.444 e. The van der Waals surface area contributed by atoms with Crippen molar-refractivity contribution in [2.45, 2.75) is 52.2 Å². The number of amides is 1. The van der Waals surface area contributed by atoms with E-state index in [0.717, 1.165) is 12.7 Å². The first-order chi connectivity index (χ1) is 8.30. The van der Waals surface area contributed by atoms with Gasteiger partial charge in [-0.2, -0.15) is 0 Å². The van der Waals surface area contributed by atoms with Gasteiger partial charge in [-0.05, 0) is 33.6 Å². The summed E-state index contributed by atoms with van der Waals surface area (Å²) in [5, 5.41) is 0. The zero-order chi connectivity index (χ0) is 14.2. The Hall–Kier alpha value is -1.10. The molecule has 18 heavy (non-hydrogen) atoms. The molecule has 0 bridgehead atoms. The van der Waals surface area contributed by atoms with Gasteiger partial charge in [0.2, 0.25) is 0 Å². The first kappa shape index (κ1) is 16.9. The highest BCUT2D eigenvalue weighted by atomic mass is 16.6. The molecule has 0 fully saturated rings. The van der Waals surface area contributed by atoms with Crippen LogP contribution in [0.5, 0.6) is 0 Å². The minimum absolute atomic E-state index is 0.0000803. The van der Waals surface area contributed by atoms with Crippen LogP contribution in [0.1, 0.15) is 40.5 Å². The van der Waals surface area contributed by atoms with Gasteiger partial charge in [0.05, 0.1) is 6.10 Å². The monoisotopic (exact) mass is 259 g/mol. The van der Waals surface area contributed by atoms with Crippen molar-refractivity contribution >= 4 is 12.4 Å². The van der Waals surface area contributed by atoms with Crippen LogP contribution >= 0.6 is 0 Å². The molecule has 0 rings (SSSR count). The van der Waals surface area contributed by atoms with E-state index >= 15 is 0 Å². The van der Waals surface area contributed by atoms with Crippen LogP contribution in [0.2, 0.25) is 0 Å². The highest BCUT2D eigenvalue weighted by molar-refractivity contribution is 5.67. The number of aldehydes is 1. The number of hydrogen-bond acceptors (Lipinski definition) is 4. The van der Waals surface area contributed by atoms with E-state index in [4.69, 9.17) is 9.47 Å². The molecule has 1 unspecified atom stereocenters. The molecule has 0 aliphatic heterocycles. The topological polar surface area (TPSA) is 55.8 Å². The SMILES string of the molecule is CCC(CCN(C)C(=O)OC(C)(C)C)OCC=O. The summed E-state index contributed by atoms with van der Waals surface area (Å²) in [7, 11) is 1.69. The molecule has 1 atom stereocenters. The third-order valence-electron chi connectivity index (χ3n) is 2.35. The Morgan fingerprint density at radius 3 is 2.44 bits per heavy atom. The summed E-state index contributed by atoms with van der Waals surface area (Å²) in [4.78, 5) is 23.4. The zero-order valence-corrected chi connectivity index (χ0v) is 12.1. The van der Waals surface area contributed by atoms with E-state index in [0.29, 0.717) is 13.0 Å². The highest BCUT2D eigenvalue weighted by Crippen LogP contribution is 2.10. The second-order valence-electron chi connectivity index (χ2n) is 5.22. The average Bonchev–Trinajstić information content (AvgIpc) is 2.26. The molecule has 5 nitrogen and oxygen atoms in total. The largest absolute Gasteiger partial charge is 0.444 e. The first-order valence-corrected chi connectivity index (χ1v) is 6.29. The van der Waals surface area contributed by atoms with E-state index in [1.807, 2.05) is 27.7 Å². The van der Waals surface area contributed by atoms with Crippen molar-refractivity contribution < 1.29 is 19.1 Å². The molecule has 106 valence electrons. The van der Waals surface area contributed by atoms with Crippen molar-refractivity contribution in [2.24, 2.45) is 0 Å². The lowest BCUT2D eigenvalue weighted by molar-refractivity contribution is -0.114. The summed E-state index contributed by atoms with van der Waals surface area (Å²) in [5.74, 6) is 0. The zero-order valence-electron chi connectivity index (χ0n) is 12.1. The maximum atomic E-state index is 11.7. The van der Waals surface area contributed by atoms with Gasteiger partial charge < -0.3 is 19.2 Å². The van der Waals surface area contributed by atoms with Gasteiger partial charge in [-0.25, -0.2) is 4.79 Å². The molecule has 0 heterocycles. The molecule has 0 saturated heterocycles. The minimum atomic E-state index is -0.483. The molecule has 0 radical (unpaired) electrons. The third-order valence-corrected chi connectivity index (χ3v) is 2.35. The van der Waals surface area contributed by atoms with Gasteiger partial charge in [-0.15, -0.1) is 0 Å². The van der Waals surface area contributed by atoms with Crippen LogP contribution in [0.15, 0.2) is 0 Å².